The average Bonchev–Trinajstić information content (AvgIpc) is 2.48. The molecule has 4 nitrogen and oxygen atoms in total. The van der Waals surface area contributed by atoms with Gasteiger partial charge in [-0.05, 0) is 36.0 Å². The van der Waals surface area contributed by atoms with Gasteiger partial charge in [-0.1, -0.05) is 46.3 Å². The van der Waals surface area contributed by atoms with Gasteiger partial charge in [0, 0.05) is 11.0 Å². The van der Waals surface area contributed by atoms with Crippen LogP contribution in [0.4, 0.5) is 5.69 Å². The lowest BCUT2D eigenvalue weighted by Gasteiger charge is -2.12. The maximum atomic E-state index is 11.2. The largest absolute Gasteiger partial charge is 0.478 e. The minimum absolute atomic E-state index is 0.160. The topological polar surface area (TPSA) is 61.4 Å². The molecule has 2 aromatic carbocycles. The van der Waals surface area contributed by atoms with Crippen LogP contribution in [-0.2, 0) is 6.54 Å². The third-order valence-corrected chi connectivity index (χ3v) is 3.50. The summed E-state index contributed by atoms with van der Waals surface area (Å²) in [5.74, 6) is -1.01. The Bertz CT molecular complexity index is 662. The van der Waals surface area contributed by atoms with E-state index in [0.29, 0.717) is 21.8 Å². The molecular formula is C15H13BrN2O2S. The van der Waals surface area contributed by atoms with E-state index < -0.39 is 5.97 Å². The van der Waals surface area contributed by atoms with Gasteiger partial charge in [0.05, 0.1) is 11.3 Å². The van der Waals surface area contributed by atoms with Crippen LogP contribution < -0.4 is 10.6 Å². The Morgan fingerprint density at radius 3 is 2.57 bits per heavy atom. The molecule has 0 saturated carbocycles. The van der Waals surface area contributed by atoms with E-state index in [1.165, 1.54) is 6.07 Å². The maximum absolute atomic E-state index is 11.2. The number of nitrogens with one attached hydrogen (secondary N) is 2. The second kappa shape index (κ2) is 7.19. The summed E-state index contributed by atoms with van der Waals surface area (Å²) in [7, 11) is 0. The van der Waals surface area contributed by atoms with E-state index in [4.69, 9.17) is 12.2 Å². The van der Waals surface area contributed by atoms with Gasteiger partial charge < -0.3 is 15.7 Å². The molecule has 0 aromatic heterocycles. The van der Waals surface area contributed by atoms with Crippen LogP contribution >= 0.6 is 28.1 Å². The normalized spacial score (nSPS) is 9.95. The molecule has 3 N–H and O–H groups in total. The molecule has 0 fully saturated rings. The second-order valence-corrected chi connectivity index (χ2v) is 5.61. The van der Waals surface area contributed by atoms with E-state index in [1.807, 2.05) is 30.3 Å². The molecule has 0 amide bonds. The number of hydrogen-bond acceptors (Lipinski definition) is 2. The van der Waals surface area contributed by atoms with Crippen molar-refractivity contribution in [3.05, 3.63) is 64.1 Å². The van der Waals surface area contributed by atoms with E-state index in [9.17, 15) is 9.90 Å². The number of aromatic carboxylic acids is 1. The van der Waals surface area contributed by atoms with Gasteiger partial charge in [-0.2, -0.15) is 0 Å². The van der Waals surface area contributed by atoms with Crippen molar-refractivity contribution in [2.24, 2.45) is 0 Å². The molecule has 21 heavy (non-hydrogen) atoms. The summed E-state index contributed by atoms with van der Waals surface area (Å²) >= 11 is 8.44. The summed E-state index contributed by atoms with van der Waals surface area (Å²) in [5.41, 5.74) is 1.71. The Balaban J connectivity index is 2.01. The van der Waals surface area contributed by atoms with Crippen molar-refractivity contribution < 1.29 is 9.90 Å². The predicted molar refractivity (Wildman–Crippen MR) is 90.6 cm³/mol. The Kier molecular flexibility index (Phi) is 5.30. The van der Waals surface area contributed by atoms with E-state index in [0.717, 1.165) is 5.56 Å². The Morgan fingerprint density at radius 1 is 1.19 bits per heavy atom. The zero-order chi connectivity index (χ0) is 15.2. The van der Waals surface area contributed by atoms with Crippen LogP contribution in [-0.4, -0.2) is 16.2 Å². The number of thiocarbonyl (C=S) groups is 1. The Labute approximate surface area is 136 Å². The molecule has 2 aromatic rings. The van der Waals surface area contributed by atoms with Crippen molar-refractivity contribution in [3.63, 3.8) is 0 Å². The highest BCUT2D eigenvalue weighted by molar-refractivity contribution is 9.10. The van der Waals surface area contributed by atoms with Gasteiger partial charge in [0.25, 0.3) is 0 Å². The first-order valence-electron chi connectivity index (χ1n) is 6.18. The van der Waals surface area contributed by atoms with Crippen LogP contribution in [0.2, 0.25) is 0 Å². The van der Waals surface area contributed by atoms with Crippen molar-refractivity contribution in [3.8, 4) is 0 Å². The number of halogens is 1. The molecule has 0 spiro atoms. The lowest BCUT2D eigenvalue weighted by atomic mass is 10.2. The minimum atomic E-state index is -1.01. The first-order chi connectivity index (χ1) is 10.1. The molecule has 6 heteroatoms. The molecular weight excluding hydrogens is 352 g/mol. The number of hydrogen-bond donors (Lipinski definition) is 3. The van der Waals surface area contributed by atoms with Crippen LogP contribution in [0, 0.1) is 0 Å². The zero-order valence-electron chi connectivity index (χ0n) is 11.0. The lowest BCUT2D eigenvalue weighted by Crippen LogP contribution is -2.28. The molecule has 0 aliphatic rings. The summed E-state index contributed by atoms with van der Waals surface area (Å²) in [6.07, 6.45) is 0. The van der Waals surface area contributed by atoms with Gasteiger partial charge in [0.1, 0.15) is 0 Å². The molecule has 0 heterocycles. The van der Waals surface area contributed by atoms with Crippen LogP contribution in [0.3, 0.4) is 0 Å². The van der Waals surface area contributed by atoms with Crippen molar-refractivity contribution in [2.45, 2.75) is 6.54 Å². The Morgan fingerprint density at radius 2 is 1.90 bits per heavy atom. The number of benzene rings is 2. The predicted octanol–water partition coefficient (Wildman–Crippen LogP) is 3.63. The molecule has 0 aliphatic carbocycles. The summed E-state index contributed by atoms with van der Waals surface area (Å²) in [5, 5.41) is 15.5. The van der Waals surface area contributed by atoms with Crippen molar-refractivity contribution >= 4 is 44.9 Å². The average molecular weight is 365 g/mol. The number of carboxylic acids is 1. The monoisotopic (exact) mass is 364 g/mol. The molecule has 0 radical (unpaired) electrons. The van der Waals surface area contributed by atoms with Crippen LogP contribution in [0.5, 0.6) is 0 Å². The van der Waals surface area contributed by atoms with Gasteiger partial charge in [0.15, 0.2) is 5.11 Å². The molecule has 0 aliphatic heterocycles. The van der Waals surface area contributed by atoms with Crippen molar-refractivity contribution in [1.82, 2.24) is 5.32 Å². The van der Waals surface area contributed by atoms with Crippen LogP contribution in [0.15, 0.2) is 53.0 Å². The number of carboxylic acid groups (broad SMARTS) is 1. The molecule has 2 rings (SSSR count). The standard InChI is InChI=1S/C15H13BrN2O2S/c16-11-6-7-13(12(8-11)14(19)20)18-15(21)17-9-10-4-2-1-3-5-10/h1-8H,9H2,(H,19,20)(H2,17,18,21). The van der Waals surface area contributed by atoms with E-state index in [1.54, 1.807) is 12.1 Å². The quantitative estimate of drug-likeness (QED) is 0.723. The fourth-order valence-electron chi connectivity index (χ4n) is 1.75. The van der Waals surface area contributed by atoms with Gasteiger partial charge in [-0.25, -0.2) is 4.79 Å². The van der Waals surface area contributed by atoms with E-state index in [-0.39, 0.29) is 5.56 Å². The van der Waals surface area contributed by atoms with Gasteiger partial charge in [0.2, 0.25) is 0 Å². The second-order valence-electron chi connectivity index (χ2n) is 4.29. The molecule has 0 bridgehead atoms. The number of rotatable bonds is 4. The highest BCUT2D eigenvalue weighted by atomic mass is 79.9. The smallest absolute Gasteiger partial charge is 0.337 e. The fourth-order valence-corrected chi connectivity index (χ4v) is 2.29. The summed E-state index contributed by atoms with van der Waals surface area (Å²) in [6, 6.07) is 14.8. The third kappa shape index (κ3) is 4.54. The minimum Gasteiger partial charge on any atom is -0.478 e. The fraction of sp³-hybridized carbons (Fsp3) is 0.0667. The summed E-state index contributed by atoms with van der Waals surface area (Å²) < 4.78 is 0.702. The first-order valence-corrected chi connectivity index (χ1v) is 7.38. The lowest BCUT2D eigenvalue weighted by molar-refractivity contribution is 0.0698. The third-order valence-electron chi connectivity index (χ3n) is 2.76. The van der Waals surface area contributed by atoms with Gasteiger partial charge >= 0.3 is 5.97 Å². The molecule has 108 valence electrons. The van der Waals surface area contributed by atoms with Crippen molar-refractivity contribution in [2.75, 3.05) is 5.32 Å². The first kappa shape index (κ1) is 15.5. The molecule has 0 atom stereocenters. The maximum Gasteiger partial charge on any atom is 0.337 e. The Hall–Kier alpha value is -1.92. The highest BCUT2D eigenvalue weighted by Gasteiger charge is 2.11. The van der Waals surface area contributed by atoms with E-state index >= 15 is 0 Å². The number of anilines is 1. The van der Waals surface area contributed by atoms with Gasteiger partial charge in [-0.15, -0.1) is 0 Å². The van der Waals surface area contributed by atoms with Crippen molar-refractivity contribution in [1.29, 1.82) is 0 Å². The van der Waals surface area contributed by atoms with E-state index in [2.05, 4.69) is 26.6 Å². The molecule has 0 unspecified atom stereocenters. The summed E-state index contributed by atoms with van der Waals surface area (Å²) in [4.78, 5) is 11.2. The van der Waals surface area contributed by atoms with Crippen LogP contribution in [0.25, 0.3) is 0 Å². The zero-order valence-corrected chi connectivity index (χ0v) is 13.4. The SMILES string of the molecule is O=C(O)c1cc(Br)ccc1NC(=S)NCc1ccccc1. The number of carbonyl (C=O) groups is 1. The highest BCUT2D eigenvalue weighted by Crippen LogP contribution is 2.21. The van der Waals surface area contributed by atoms with Crippen LogP contribution in [0.1, 0.15) is 15.9 Å². The van der Waals surface area contributed by atoms with Gasteiger partial charge in [-0.3, -0.25) is 0 Å². The summed E-state index contributed by atoms with van der Waals surface area (Å²) in [6.45, 7) is 0.575. The molecule has 0 saturated heterocycles.